The van der Waals surface area contributed by atoms with E-state index in [0.29, 0.717) is 28.7 Å². The number of phenols is 1. The van der Waals surface area contributed by atoms with Gasteiger partial charge in [-0.05, 0) is 128 Å². The van der Waals surface area contributed by atoms with Gasteiger partial charge in [0.25, 0.3) is 5.79 Å². The first-order valence-corrected chi connectivity index (χ1v) is 17.6. The second kappa shape index (κ2) is 8.98. The van der Waals surface area contributed by atoms with Gasteiger partial charge in [0.15, 0.2) is 17.6 Å². The van der Waals surface area contributed by atoms with Gasteiger partial charge in [0.05, 0.1) is 0 Å². The Morgan fingerprint density at radius 3 is 2.53 bits per heavy atom. The Hall–Kier alpha value is -2.31. The number of fused-ring (bicyclic) bond motifs is 7. The summed E-state index contributed by atoms with van der Waals surface area (Å²) in [6.07, 6.45) is 11.3. The molecule has 45 heavy (non-hydrogen) atoms. The summed E-state index contributed by atoms with van der Waals surface area (Å²) in [5, 5.41) is 24.4. The van der Waals surface area contributed by atoms with E-state index in [9.17, 15) is 15.0 Å². The molecule has 2 aliphatic heterocycles. The predicted molar refractivity (Wildman–Crippen MR) is 172 cm³/mol. The Bertz CT molecular complexity index is 1560. The Balaban J connectivity index is 1.24. The Morgan fingerprint density at radius 2 is 1.80 bits per heavy atom. The molecule has 0 bridgehead atoms. The van der Waals surface area contributed by atoms with E-state index < -0.39 is 23.5 Å². The molecule has 6 nitrogen and oxygen atoms in total. The van der Waals surface area contributed by atoms with Crippen LogP contribution in [0.5, 0.6) is 11.5 Å². The number of carbonyl (C=O) groups is 1. The molecular formula is C39H52O6. The quantitative estimate of drug-likeness (QED) is 0.207. The number of esters is 1. The smallest absolute Gasteiger partial charge is 0.336 e. The van der Waals surface area contributed by atoms with Crippen LogP contribution in [0.2, 0.25) is 0 Å². The SMILES string of the molecule is C=CC1(C)CCC2(C)c3cc(O)c(OC4C5C6(C)CCCC(C)(C)C6CCC56OC6C5=C(C)C(=O)OC54O)c(C)c3CCC2C1. The Morgan fingerprint density at radius 1 is 1.04 bits per heavy atom. The highest BCUT2D eigenvalue weighted by atomic mass is 16.7. The molecule has 1 spiro atoms. The van der Waals surface area contributed by atoms with Crippen LogP contribution in [0, 0.1) is 40.9 Å². The van der Waals surface area contributed by atoms with Crippen LogP contribution in [-0.4, -0.2) is 39.8 Å². The first-order valence-electron chi connectivity index (χ1n) is 17.6. The lowest BCUT2D eigenvalue weighted by molar-refractivity contribution is -0.254. The third-order valence-electron chi connectivity index (χ3n) is 14.9. The Kier molecular flexibility index (Phi) is 5.99. The van der Waals surface area contributed by atoms with Crippen molar-refractivity contribution >= 4 is 5.97 Å². The molecule has 244 valence electrons. The van der Waals surface area contributed by atoms with Crippen LogP contribution in [0.25, 0.3) is 0 Å². The molecule has 2 heterocycles. The molecule has 2 N–H and O–H groups in total. The van der Waals surface area contributed by atoms with Crippen molar-refractivity contribution in [2.45, 2.75) is 142 Å². The average molecular weight is 617 g/mol. The Labute approximate surface area is 268 Å². The van der Waals surface area contributed by atoms with Crippen LogP contribution in [0.3, 0.4) is 0 Å². The first-order chi connectivity index (χ1) is 21.0. The van der Waals surface area contributed by atoms with Crippen LogP contribution in [0.15, 0.2) is 29.9 Å². The second-order valence-electron chi connectivity index (χ2n) is 17.6. The van der Waals surface area contributed by atoms with E-state index in [1.54, 1.807) is 6.92 Å². The molecule has 8 rings (SSSR count). The summed E-state index contributed by atoms with van der Waals surface area (Å²) in [6, 6.07) is 1.96. The normalized spacial score (nSPS) is 47.3. The number of epoxide rings is 1. The maximum absolute atomic E-state index is 13.1. The van der Waals surface area contributed by atoms with Crippen LogP contribution in [-0.2, 0) is 26.1 Å². The minimum Gasteiger partial charge on any atom is -0.504 e. The maximum atomic E-state index is 13.1. The van der Waals surface area contributed by atoms with Crippen LogP contribution in [0.4, 0.5) is 0 Å². The zero-order valence-corrected chi connectivity index (χ0v) is 28.3. The van der Waals surface area contributed by atoms with E-state index in [1.165, 1.54) is 17.5 Å². The number of hydrogen-bond donors (Lipinski definition) is 2. The zero-order chi connectivity index (χ0) is 32.1. The molecule has 1 aromatic rings. The monoisotopic (exact) mass is 616 g/mol. The van der Waals surface area contributed by atoms with Crippen molar-refractivity contribution in [3.63, 3.8) is 0 Å². The van der Waals surface area contributed by atoms with Crippen LogP contribution >= 0.6 is 0 Å². The molecule has 0 radical (unpaired) electrons. The van der Waals surface area contributed by atoms with E-state index in [2.05, 4.69) is 54.2 Å². The molecule has 6 heteroatoms. The van der Waals surface area contributed by atoms with Crippen molar-refractivity contribution in [3.05, 3.63) is 46.6 Å². The maximum Gasteiger partial charge on any atom is 0.336 e. The number of hydrogen-bond acceptors (Lipinski definition) is 6. The molecular weight excluding hydrogens is 564 g/mol. The zero-order valence-electron chi connectivity index (χ0n) is 28.3. The highest BCUT2D eigenvalue weighted by Crippen LogP contribution is 2.73. The fourth-order valence-electron chi connectivity index (χ4n) is 12.3. The van der Waals surface area contributed by atoms with Gasteiger partial charge in [-0.15, -0.1) is 6.58 Å². The van der Waals surface area contributed by atoms with Crippen molar-refractivity contribution < 1.29 is 29.2 Å². The lowest BCUT2D eigenvalue weighted by Gasteiger charge is -2.62. The van der Waals surface area contributed by atoms with Gasteiger partial charge in [-0.1, -0.05) is 47.1 Å². The number of aliphatic hydroxyl groups is 1. The molecule has 0 aromatic heterocycles. The highest BCUT2D eigenvalue weighted by molar-refractivity contribution is 5.93. The fourth-order valence-corrected chi connectivity index (χ4v) is 12.3. The molecule has 1 saturated heterocycles. The standard InChI is InChI=1S/C39H52O6/c1-9-35(6)17-18-36(7)23(20-35)11-12-24-21(2)29(26(40)19-25(24)36)43-32-30-37(8)15-10-14-34(4,5)27(37)13-16-38(30)31(44-38)28-22(3)33(41)45-39(28,32)42/h9,19,23,27,30-32,40,42H,1,10-18,20H2,2-8H3. The second-order valence-corrected chi connectivity index (χ2v) is 17.6. The highest BCUT2D eigenvalue weighted by Gasteiger charge is 2.82. The average Bonchev–Trinajstić information content (AvgIpc) is 3.61. The van der Waals surface area contributed by atoms with Gasteiger partial charge in [-0.25, -0.2) is 4.79 Å². The lowest BCUT2D eigenvalue weighted by Crippen LogP contribution is -2.68. The van der Waals surface area contributed by atoms with Crippen LogP contribution in [0.1, 0.15) is 116 Å². The predicted octanol–water partition coefficient (Wildman–Crippen LogP) is 7.60. The van der Waals surface area contributed by atoms with E-state index in [4.69, 9.17) is 14.2 Å². The molecule has 7 aliphatic rings. The molecule has 1 aromatic carbocycles. The number of ether oxygens (including phenoxy) is 3. The third kappa shape index (κ3) is 3.67. The topological polar surface area (TPSA) is 88.5 Å². The number of phenolic OH excluding ortho intramolecular Hbond substituents is 1. The molecule has 5 aliphatic carbocycles. The summed E-state index contributed by atoms with van der Waals surface area (Å²) in [6.45, 7) is 19.8. The van der Waals surface area contributed by atoms with E-state index in [0.717, 1.165) is 63.4 Å². The van der Waals surface area contributed by atoms with Crippen LogP contribution < -0.4 is 4.74 Å². The molecule has 4 saturated carbocycles. The first kappa shape index (κ1) is 30.1. The minimum atomic E-state index is -1.94. The summed E-state index contributed by atoms with van der Waals surface area (Å²) in [5.41, 5.74) is 3.96. The van der Waals surface area contributed by atoms with Gasteiger partial charge < -0.3 is 24.4 Å². The fraction of sp³-hybridized carbons (Fsp3) is 0.718. The third-order valence-corrected chi connectivity index (χ3v) is 14.9. The summed E-state index contributed by atoms with van der Waals surface area (Å²) in [4.78, 5) is 13.1. The van der Waals surface area contributed by atoms with Gasteiger partial charge in [-0.2, -0.15) is 0 Å². The van der Waals surface area contributed by atoms with Crippen molar-refractivity contribution in [2.24, 2.45) is 34.0 Å². The van der Waals surface area contributed by atoms with E-state index in [1.807, 2.05) is 6.07 Å². The van der Waals surface area contributed by atoms with Crippen molar-refractivity contribution in [2.75, 3.05) is 0 Å². The molecule has 10 atom stereocenters. The lowest BCUT2D eigenvalue weighted by atomic mass is 9.43. The summed E-state index contributed by atoms with van der Waals surface area (Å²) in [5.74, 6) is -1.19. The largest absolute Gasteiger partial charge is 0.504 e. The molecule has 0 amide bonds. The van der Waals surface area contributed by atoms with Crippen molar-refractivity contribution in [3.8, 4) is 11.5 Å². The number of aromatic hydroxyl groups is 1. The summed E-state index contributed by atoms with van der Waals surface area (Å²) < 4.78 is 19.6. The van der Waals surface area contributed by atoms with Crippen molar-refractivity contribution in [1.29, 1.82) is 0 Å². The van der Waals surface area contributed by atoms with Gasteiger partial charge >= 0.3 is 5.97 Å². The number of rotatable bonds is 3. The number of benzene rings is 1. The van der Waals surface area contributed by atoms with E-state index in [-0.39, 0.29) is 39.4 Å². The molecule has 5 fully saturated rings. The summed E-state index contributed by atoms with van der Waals surface area (Å²) in [7, 11) is 0. The van der Waals surface area contributed by atoms with Gasteiger partial charge in [0, 0.05) is 17.1 Å². The van der Waals surface area contributed by atoms with Gasteiger partial charge in [0.2, 0.25) is 0 Å². The number of carbonyl (C=O) groups excluding carboxylic acids is 1. The van der Waals surface area contributed by atoms with Gasteiger partial charge in [-0.3, -0.25) is 0 Å². The van der Waals surface area contributed by atoms with E-state index >= 15 is 0 Å². The molecule has 10 unspecified atom stereocenters. The summed E-state index contributed by atoms with van der Waals surface area (Å²) >= 11 is 0. The minimum absolute atomic E-state index is 0.0230. The number of allylic oxidation sites excluding steroid dienone is 1. The van der Waals surface area contributed by atoms with Gasteiger partial charge in [0.1, 0.15) is 11.7 Å². The van der Waals surface area contributed by atoms with Crippen molar-refractivity contribution in [1.82, 2.24) is 0 Å².